The lowest BCUT2D eigenvalue weighted by Gasteiger charge is -2.19. The minimum atomic E-state index is -0.989. The standard InChI is InChI=1S/C27H21ClN8O3/c28-16-2-5-23(35-13-31-33-34-35)18(10-16)15-7-17-3-6-24(36(17)25(37)9-15)26-30-12-22(32-26)14-1-4-21-19(8-14)20(11-29-21)27(38)39/h1-2,4-5,7-13,24,29,33-34H,3,6H2,(H,30,32)(H,38,39). The number of rotatable bonds is 5. The number of aromatic carboxylic acids is 1. The summed E-state index contributed by atoms with van der Waals surface area (Å²) in [6.45, 7) is 0. The summed E-state index contributed by atoms with van der Waals surface area (Å²) in [5.41, 5.74) is 11.3. The number of hydrazine groups is 2. The van der Waals surface area contributed by atoms with Gasteiger partial charge in [-0.05, 0) is 54.8 Å². The van der Waals surface area contributed by atoms with Gasteiger partial charge in [0.2, 0.25) is 0 Å². The fourth-order valence-corrected chi connectivity index (χ4v) is 5.57. The Morgan fingerprint density at radius 1 is 1.10 bits per heavy atom. The molecule has 0 radical (unpaired) electrons. The summed E-state index contributed by atoms with van der Waals surface area (Å²) in [4.78, 5) is 36.0. The van der Waals surface area contributed by atoms with E-state index in [1.165, 1.54) is 6.20 Å². The van der Waals surface area contributed by atoms with E-state index < -0.39 is 5.97 Å². The van der Waals surface area contributed by atoms with Gasteiger partial charge in [-0.15, -0.1) is 5.53 Å². The highest BCUT2D eigenvalue weighted by Crippen LogP contribution is 2.36. The molecule has 5 heterocycles. The molecule has 1 unspecified atom stereocenters. The first-order chi connectivity index (χ1) is 19.0. The summed E-state index contributed by atoms with van der Waals surface area (Å²) in [5.74, 6) is -0.311. The topological polar surface area (TPSA) is 143 Å². The van der Waals surface area contributed by atoms with E-state index in [0.717, 1.165) is 45.7 Å². The average molecular weight is 541 g/mol. The molecule has 2 aliphatic heterocycles. The van der Waals surface area contributed by atoms with Crippen molar-refractivity contribution in [3.63, 3.8) is 0 Å². The summed E-state index contributed by atoms with van der Waals surface area (Å²) >= 11 is 6.32. The number of benzene rings is 2. The number of carboxylic acids is 1. The molecule has 0 saturated carbocycles. The predicted molar refractivity (Wildman–Crippen MR) is 148 cm³/mol. The molecule has 0 spiro atoms. The molecule has 1 atom stereocenters. The Labute approximate surface area is 225 Å². The summed E-state index contributed by atoms with van der Waals surface area (Å²) in [7, 11) is 0. The van der Waals surface area contributed by atoms with Crippen LogP contribution < -0.4 is 21.6 Å². The van der Waals surface area contributed by atoms with Crippen LogP contribution in [0.2, 0.25) is 5.02 Å². The van der Waals surface area contributed by atoms with Crippen LogP contribution in [0, 0.1) is 0 Å². The van der Waals surface area contributed by atoms with Gasteiger partial charge < -0.3 is 19.6 Å². The van der Waals surface area contributed by atoms with Crippen LogP contribution in [0.1, 0.15) is 34.3 Å². The van der Waals surface area contributed by atoms with Crippen molar-refractivity contribution >= 4 is 40.5 Å². The van der Waals surface area contributed by atoms with Crippen LogP contribution in [-0.2, 0) is 6.42 Å². The smallest absolute Gasteiger partial charge is 0.337 e. The number of aryl methyl sites for hydroxylation is 1. The molecule has 5 aromatic rings. The highest BCUT2D eigenvalue weighted by atomic mass is 35.5. The molecule has 0 amide bonds. The number of halogens is 1. The summed E-state index contributed by atoms with van der Waals surface area (Å²) in [6, 6.07) is 14.5. The van der Waals surface area contributed by atoms with Crippen molar-refractivity contribution < 1.29 is 9.90 Å². The van der Waals surface area contributed by atoms with Gasteiger partial charge in [0.05, 0.1) is 29.2 Å². The van der Waals surface area contributed by atoms with Crippen LogP contribution in [0.15, 0.2) is 70.8 Å². The Balaban J connectivity index is 1.24. The zero-order valence-corrected chi connectivity index (χ0v) is 21.0. The third kappa shape index (κ3) is 3.87. The fourth-order valence-electron chi connectivity index (χ4n) is 5.40. The largest absolute Gasteiger partial charge is 0.478 e. The molecule has 11 nitrogen and oxygen atoms in total. The van der Waals surface area contributed by atoms with Crippen LogP contribution in [0.4, 0.5) is 5.69 Å². The third-order valence-electron chi connectivity index (χ3n) is 7.21. The number of aromatic amines is 2. The van der Waals surface area contributed by atoms with E-state index in [-0.39, 0.29) is 17.2 Å². The number of H-pyrrole nitrogens is 2. The van der Waals surface area contributed by atoms with Crippen LogP contribution in [0.3, 0.4) is 0 Å². The van der Waals surface area contributed by atoms with Gasteiger partial charge in [0.25, 0.3) is 5.56 Å². The molecule has 7 rings (SSSR count). The van der Waals surface area contributed by atoms with Gasteiger partial charge in [-0.1, -0.05) is 17.7 Å². The number of carboxylic acid groups (broad SMARTS) is 1. The Bertz CT molecular complexity index is 1870. The highest BCUT2D eigenvalue weighted by molar-refractivity contribution is 6.31. The molecule has 2 aliphatic rings. The molecule has 0 aliphatic carbocycles. The molecule has 0 bridgehead atoms. The van der Waals surface area contributed by atoms with Crippen molar-refractivity contribution in [1.29, 1.82) is 0 Å². The van der Waals surface area contributed by atoms with Gasteiger partial charge in [-0.2, -0.15) is 5.10 Å². The fraction of sp³-hybridized carbons (Fsp3) is 0.111. The number of pyridine rings is 1. The number of nitrogens with one attached hydrogen (secondary N) is 4. The van der Waals surface area contributed by atoms with Gasteiger partial charge >= 0.3 is 5.97 Å². The molecule has 5 N–H and O–H groups in total. The summed E-state index contributed by atoms with van der Waals surface area (Å²) in [6.07, 6.45) is 6.25. The van der Waals surface area contributed by atoms with E-state index in [9.17, 15) is 14.7 Å². The lowest BCUT2D eigenvalue weighted by Crippen LogP contribution is -2.37. The Hall–Kier alpha value is -4.87. The Kier molecular flexibility index (Phi) is 5.28. The third-order valence-corrected chi connectivity index (χ3v) is 7.44. The predicted octanol–water partition coefficient (Wildman–Crippen LogP) is 4.05. The van der Waals surface area contributed by atoms with Gasteiger partial charge in [-0.25, -0.2) is 20.3 Å². The summed E-state index contributed by atoms with van der Waals surface area (Å²) in [5, 5.41) is 16.4. The van der Waals surface area contributed by atoms with Crippen molar-refractivity contribution in [3.8, 4) is 22.4 Å². The molecule has 3 aromatic heterocycles. The van der Waals surface area contributed by atoms with Crippen molar-refractivity contribution in [1.82, 2.24) is 30.6 Å². The second-order valence-corrected chi connectivity index (χ2v) is 9.88. The van der Waals surface area contributed by atoms with Gasteiger partial charge in [0.15, 0.2) is 0 Å². The Morgan fingerprint density at radius 2 is 2.00 bits per heavy atom. The van der Waals surface area contributed by atoms with E-state index in [2.05, 4.69) is 31.1 Å². The number of anilines is 1. The second kappa shape index (κ2) is 8.86. The molecule has 12 heteroatoms. The van der Waals surface area contributed by atoms with E-state index in [0.29, 0.717) is 22.7 Å². The number of hydrogen-bond donors (Lipinski definition) is 5. The van der Waals surface area contributed by atoms with Crippen LogP contribution >= 0.6 is 11.6 Å². The highest BCUT2D eigenvalue weighted by Gasteiger charge is 2.28. The van der Waals surface area contributed by atoms with Crippen molar-refractivity contribution in [2.75, 3.05) is 5.01 Å². The quantitative estimate of drug-likeness (QED) is 0.226. The van der Waals surface area contributed by atoms with Crippen LogP contribution in [0.5, 0.6) is 0 Å². The molecular formula is C27H21ClN8O3. The normalized spacial score (nSPS) is 16.1. The number of fused-ring (bicyclic) bond motifs is 2. The van der Waals surface area contributed by atoms with Gasteiger partial charge in [0, 0.05) is 45.0 Å². The van der Waals surface area contributed by atoms with Crippen LogP contribution in [-0.4, -0.2) is 36.9 Å². The number of nitrogens with zero attached hydrogens (tertiary/aromatic N) is 4. The monoisotopic (exact) mass is 540 g/mol. The van der Waals surface area contributed by atoms with Crippen molar-refractivity contribution in [2.45, 2.75) is 18.9 Å². The first kappa shape index (κ1) is 23.3. The van der Waals surface area contributed by atoms with Gasteiger partial charge in [0.1, 0.15) is 12.2 Å². The zero-order chi connectivity index (χ0) is 26.7. The maximum Gasteiger partial charge on any atom is 0.337 e. The molecule has 194 valence electrons. The number of hydrogen-bond acceptors (Lipinski definition) is 7. The van der Waals surface area contributed by atoms with Crippen LogP contribution in [0.25, 0.3) is 33.3 Å². The molecule has 0 fully saturated rings. The second-order valence-electron chi connectivity index (χ2n) is 9.45. The van der Waals surface area contributed by atoms with E-state index in [4.69, 9.17) is 11.6 Å². The average Bonchev–Trinajstić information content (AvgIpc) is 3.73. The van der Waals surface area contributed by atoms with Crippen molar-refractivity contribution in [3.05, 3.63) is 93.4 Å². The molecule has 0 saturated heterocycles. The Morgan fingerprint density at radius 3 is 2.82 bits per heavy atom. The number of imidazole rings is 1. The first-order valence-electron chi connectivity index (χ1n) is 12.2. The van der Waals surface area contributed by atoms with Crippen molar-refractivity contribution in [2.24, 2.45) is 5.10 Å². The number of hydrazone groups is 1. The van der Waals surface area contributed by atoms with E-state index in [1.54, 1.807) is 34.2 Å². The van der Waals surface area contributed by atoms with E-state index >= 15 is 0 Å². The minimum Gasteiger partial charge on any atom is -0.478 e. The molecule has 2 aromatic carbocycles. The van der Waals surface area contributed by atoms with Gasteiger partial charge in [-0.3, -0.25) is 4.79 Å². The molecular weight excluding hydrogens is 520 g/mol. The lowest BCUT2D eigenvalue weighted by molar-refractivity contribution is 0.0699. The maximum absolute atomic E-state index is 13.5. The maximum atomic E-state index is 13.5. The first-order valence-corrected chi connectivity index (χ1v) is 12.6. The van der Waals surface area contributed by atoms with E-state index in [1.807, 2.05) is 36.4 Å². The lowest BCUT2D eigenvalue weighted by atomic mass is 10.0. The SMILES string of the molecule is O=C(O)c1c[nH]c2ccc(-c3cnc(C4CCc5cc(-c6cc(Cl)ccc6N6C=NNN6)cc(=O)n54)[nH]3)cc12. The number of aromatic nitrogens is 4. The minimum absolute atomic E-state index is 0.130. The number of carbonyl (C=O) groups is 1. The molecule has 39 heavy (non-hydrogen) atoms. The zero-order valence-electron chi connectivity index (χ0n) is 20.3. The summed E-state index contributed by atoms with van der Waals surface area (Å²) < 4.78 is 1.78.